The van der Waals surface area contributed by atoms with Crippen LogP contribution in [0.5, 0.6) is 11.5 Å². The number of ether oxygens (including phenoxy) is 3. The van der Waals surface area contributed by atoms with Crippen LogP contribution in [0.3, 0.4) is 0 Å². The first-order valence-electron chi connectivity index (χ1n) is 11.9. The Hall–Kier alpha value is -4.81. The zero-order valence-electron chi connectivity index (χ0n) is 21.0. The Bertz CT molecular complexity index is 1340. The summed E-state index contributed by atoms with van der Waals surface area (Å²) in [5, 5.41) is 9.79. The largest absolute Gasteiger partial charge is 0.494 e. The van der Waals surface area contributed by atoms with Crippen molar-refractivity contribution >= 4 is 17.2 Å². The molecule has 6 nitrogen and oxygen atoms in total. The van der Waals surface area contributed by atoms with Crippen molar-refractivity contribution in [2.45, 2.75) is 20.3 Å². The van der Waals surface area contributed by atoms with Crippen LogP contribution in [-0.2, 0) is 9.53 Å². The van der Waals surface area contributed by atoms with Gasteiger partial charge in [0.1, 0.15) is 11.5 Å². The van der Waals surface area contributed by atoms with E-state index in [0.29, 0.717) is 47.6 Å². The van der Waals surface area contributed by atoms with Gasteiger partial charge >= 0.3 is 5.97 Å². The average molecular weight is 493 g/mol. The van der Waals surface area contributed by atoms with E-state index in [1.54, 1.807) is 31.2 Å². The van der Waals surface area contributed by atoms with Gasteiger partial charge in [-0.15, -0.1) is 0 Å². The zero-order chi connectivity index (χ0) is 26.6. The lowest BCUT2D eigenvalue weighted by Crippen LogP contribution is -2.09. The molecule has 6 heteroatoms. The molecule has 0 radical (unpaired) electrons. The van der Waals surface area contributed by atoms with Crippen molar-refractivity contribution in [3.63, 3.8) is 0 Å². The normalized spacial score (nSPS) is 10.9. The summed E-state index contributed by atoms with van der Waals surface area (Å²) in [4.78, 5) is 15.0. The lowest BCUT2D eigenvalue weighted by Gasteiger charge is -2.09. The minimum atomic E-state index is -0.394. The van der Waals surface area contributed by atoms with Crippen molar-refractivity contribution in [3.05, 3.63) is 107 Å². The van der Waals surface area contributed by atoms with E-state index in [-0.39, 0.29) is 6.61 Å². The van der Waals surface area contributed by atoms with Gasteiger partial charge in [0.05, 0.1) is 38.0 Å². The molecular formula is C31H28N2O4. The topological polar surface area (TPSA) is 72.9 Å². The van der Waals surface area contributed by atoms with Crippen molar-refractivity contribution in [2.24, 2.45) is 0 Å². The van der Waals surface area contributed by atoms with Crippen LogP contribution in [-0.4, -0.2) is 25.8 Å². The van der Waals surface area contributed by atoms with E-state index in [9.17, 15) is 10.1 Å². The standard InChI is InChI=1S/C31H28N2O4/c1-5-35-27-17-13-25(14-18-27)29(21-32)30(33-4)26-9-7-23(8-10-26)24-11-15-28(16-12-24)36-19-6-20-37-31(34)22(2)3/h7-18H,2,5-6,19-20H2,1,3H3. The molecule has 0 bridgehead atoms. The third kappa shape index (κ3) is 7.34. The van der Waals surface area contributed by atoms with Crippen molar-refractivity contribution in [1.82, 2.24) is 0 Å². The third-order valence-corrected chi connectivity index (χ3v) is 5.40. The first-order valence-corrected chi connectivity index (χ1v) is 11.9. The molecule has 0 atom stereocenters. The number of rotatable bonds is 11. The van der Waals surface area contributed by atoms with Gasteiger partial charge in [0.25, 0.3) is 0 Å². The summed E-state index contributed by atoms with van der Waals surface area (Å²) in [5.74, 6) is 1.05. The lowest BCUT2D eigenvalue weighted by atomic mass is 9.98. The van der Waals surface area contributed by atoms with Gasteiger partial charge in [-0.3, -0.25) is 0 Å². The van der Waals surface area contributed by atoms with E-state index in [4.69, 9.17) is 20.8 Å². The Kier molecular flexibility index (Phi) is 9.65. The predicted octanol–water partition coefficient (Wildman–Crippen LogP) is 6.95. The van der Waals surface area contributed by atoms with Crippen molar-refractivity contribution in [1.29, 1.82) is 5.26 Å². The number of hydrogen-bond donors (Lipinski definition) is 0. The molecule has 3 aromatic rings. The number of esters is 1. The summed E-state index contributed by atoms with van der Waals surface area (Å²) < 4.78 is 16.2. The molecule has 3 aromatic carbocycles. The molecule has 0 aliphatic carbocycles. The Morgan fingerprint density at radius 2 is 1.43 bits per heavy atom. The summed E-state index contributed by atoms with van der Waals surface area (Å²) in [6.45, 7) is 16.0. The van der Waals surface area contributed by atoms with Gasteiger partial charge in [0, 0.05) is 12.0 Å². The van der Waals surface area contributed by atoms with Crippen molar-refractivity contribution in [2.75, 3.05) is 19.8 Å². The quantitative estimate of drug-likeness (QED) is 0.0723. The van der Waals surface area contributed by atoms with Crippen LogP contribution in [0.4, 0.5) is 0 Å². The van der Waals surface area contributed by atoms with Crippen LogP contribution < -0.4 is 9.47 Å². The van der Waals surface area contributed by atoms with Gasteiger partial charge < -0.3 is 14.2 Å². The number of carbonyl (C=O) groups is 1. The summed E-state index contributed by atoms with van der Waals surface area (Å²) in [5.41, 5.74) is 4.32. The molecule has 0 aromatic heterocycles. The molecular weight excluding hydrogens is 464 g/mol. The van der Waals surface area contributed by atoms with Gasteiger partial charge in [0.2, 0.25) is 5.70 Å². The van der Waals surface area contributed by atoms with E-state index in [0.717, 1.165) is 22.6 Å². The highest BCUT2D eigenvalue weighted by Gasteiger charge is 2.13. The van der Waals surface area contributed by atoms with Gasteiger partial charge in [-0.05, 0) is 60.4 Å². The van der Waals surface area contributed by atoms with Crippen LogP contribution in [0.15, 0.2) is 84.9 Å². The van der Waals surface area contributed by atoms with Gasteiger partial charge in [-0.1, -0.05) is 55.1 Å². The molecule has 0 aliphatic rings. The molecule has 0 saturated carbocycles. The molecule has 0 aliphatic heterocycles. The molecule has 0 spiro atoms. The Balaban J connectivity index is 1.67. The maximum Gasteiger partial charge on any atom is 0.333 e. The smallest absolute Gasteiger partial charge is 0.333 e. The first kappa shape index (κ1) is 26.8. The number of carbonyl (C=O) groups excluding carboxylic acids is 1. The zero-order valence-corrected chi connectivity index (χ0v) is 21.0. The highest BCUT2D eigenvalue weighted by molar-refractivity contribution is 6.00. The van der Waals surface area contributed by atoms with E-state index in [2.05, 4.69) is 17.5 Å². The summed E-state index contributed by atoms with van der Waals surface area (Å²) in [7, 11) is 0. The summed E-state index contributed by atoms with van der Waals surface area (Å²) in [6, 6.07) is 24.6. The van der Waals surface area contributed by atoms with E-state index < -0.39 is 5.97 Å². The van der Waals surface area contributed by atoms with Gasteiger partial charge in [0.15, 0.2) is 0 Å². The van der Waals surface area contributed by atoms with Crippen LogP contribution in [0.25, 0.3) is 27.2 Å². The number of benzene rings is 3. The fourth-order valence-corrected chi connectivity index (χ4v) is 3.50. The number of nitriles is 1. The average Bonchev–Trinajstić information content (AvgIpc) is 2.92. The van der Waals surface area contributed by atoms with Crippen LogP contribution in [0.1, 0.15) is 31.4 Å². The minimum Gasteiger partial charge on any atom is -0.494 e. The second-order valence-corrected chi connectivity index (χ2v) is 8.12. The lowest BCUT2D eigenvalue weighted by molar-refractivity contribution is -0.139. The molecule has 3 rings (SSSR count). The van der Waals surface area contributed by atoms with E-state index >= 15 is 0 Å². The Morgan fingerprint density at radius 1 is 0.892 bits per heavy atom. The summed E-state index contributed by atoms with van der Waals surface area (Å²) in [6.07, 6.45) is 0.584. The fourth-order valence-electron chi connectivity index (χ4n) is 3.50. The highest BCUT2D eigenvalue weighted by Crippen LogP contribution is 2.30. The summed E-state index contributed by atoms with van der Waals surface area (Å²) >= 11 is 0. The maximum atomic E-state index is 11.4. The SMILES string of the molecule is [C-]#[N+]C(=C(C#N)c1ccc(OCC)cc1)c1ccc(-c2ccc(OCCCOC(=O)C(=C)C)cc2)cc1. The molecule has 37 heavy (non-hydrogen) atoms. The predicted molar refractivity (Wildman–Crippen MR) is 144 cm³/mol. The van der Waals surface area contributed by atoms with Crippen molar-refractivity contribution in [3.8, 4) is 28.7 Å². The number of allylic oxidation sites excluding steroid dienone is 1. The second-order valence-electron chi connectivity index (χ2n) is 8.12. The molecule has 186 valence electrons. The van der Waals surface area contributed by atoms with Crippen LogP contribution in [0, 0.1) is 17.9 Å². The molecule has 0 unspecified atom stereocenters. The van der Waals surface area contributed by atoms with Crippen LogP contribution in [0.2, 0.25) is 0 Å². The minimum absolute atomic E-state index is 0.281. The van der Waals surface area contributed by atoms with E-state index in [1.165, 1.54) is 0 Å². The molecule has 0 N–H and O–H groups in total. The fraction of sp³-hybridized carbons (Fsp3) is 0.194. The third-order valence-electron chi connectivity index (χ3n) is 5.40. The molecule has 0 saturated heterocycles. The molecule has 0 fully saturated rings. The Morgan fingerprint density at radius 3 is 1.97 bits per heavy atom. The number of hydrogen-bond acceptors (Lipinski definition) is 5. The maximum absolute atomic E-state index is 11.4. The first-order chi connectivity index (χ1) is 18.0. The van der Waals surface area contributed by atoms with Gasteiger partial charge in [-0.25, -0.2) is 9.64 Å². The highest BCUT2D eigenvalue weighted by atomic mass is 16.5. The van der Waals surface area contributed by atoms with Gasteiger partial charge in [-0.2, -0.15) is 5.26 Å². The monoisotopic (exact) mass is 492 g/mol. The molecule has 0 amide bonds. The molecule has 0 heterocycles. The van der Waals surface area contributed by atoms with Crippen molar-refractivity contribution < 1.29 is 19.0 Å². The Labute approximate surface area is 217 Å². The van der Waals surface area contributed by atoms with E-state index in [1.807, 2.05) is 55.5 Å². The number of nitrogens with zero attached hydrogens (tertiary/aromatic N) is 2. The second kappa shape index (κ2) is 13.3. The van der Waals surface area contributed by atoms with Crippen LogP contribution >= 0.6 is 0 Å².